The number of primary sulfonamides is 1. The van der Waals surface area contributed by atoms with Crippen LogP contribution in [-0.2, 0) is 22.9 Å². The number of halogens is 1. The van der Waals surface area contributed by atoms with Gasteiger partial charge in [-0.25, -0.2) is 32.4 Å². The third kappa shape index (κ3) is 6.04. The SMILES string of the molecule is NS(=O)(=O)c1ccc(Cc2c(-c3cc(OC4CCCC4)ccc3F)nn(-c3nc(C(=O)O)cs3)c2CC2CC2)cc1. The van der Waals surface area contributed by atoms with Gasteiger partial charge in [-0.05, 0) is 86.8 Å². The minimum atomic E-state index is -3.85. The van der Waals surface area contributed by atoms with Gasteiger partial charge in [-0.1, -0.05) is 12.1 Å². The topological polar surface area (TPSA) is 137 Å². The minimum absolute atomic E-state index is 0.00200. The normalized spacial score (nSPS) is 15.9. The number of aromatic carboxylic acids is 1. The Bertz CT molecular complexity index is 1710. The van der Waals surface area contributed by atoms with E-state index in [1.165, 1.54) is 23.6 Å². The van der Waals surface area contributed by atoms with Crippen LogP contribution in [0.5, 0.6) is 5.75 Å². The minimum Gasteiger partial charge on any atom is -0.490 e. The molecule has 214 valence electrons. The molecule has 12 heteroatoms. The Labute approximate surface area is 240 Å². The third-order valence-corrected chi connectivity index (χ3v) is 9.34. The molecule has 2 aromatic carbocycles. The largest absolute Gasteiger partial charge is 0.490 e. The van der Waals surface area contributed by atoms with Gasteiger partial charge in [0.2, 0.25) is 15.2 Å². The molecule has 2 heterocycles. The number of aromatic nitrogens is 3. The molecule has 0 spiro atoms. The van der Waals surface area contributed by atoms with E-state index in [2.05, 4.69) is 4.98 Å². The second kappa shape index (κ2) is 11.0. The summed E-state index contributed by atoms with van der Waals surface area (Å²) in [6.07, 6.45) is 7.35. The van der Waals surface area contributed by atoms with Gasteiger partial charge >= 0.3 is 5.97 Å². The second-order valence-corrected chi connectivity index (χ2v) is 13.1. The van der Waals surface area contributed by atoms with Crippen LogP contribution in [0.3, 0.4) is 0 Å². The Morgan fingerprint density at radius 3 is 2.49 bits per heavy atom. The fraction of sp³-hybridized carbons (Fsp3) is 0.345. The maximum absolute atomic E-state index is 15.5. The molecule has 0 bridgehead atoms. The van der Waals surface area contributed by atoms with Gasteiger partial charge in [0.25, 0.3) is 0 Å². The van der Waals surface area contributed by atoms with E-state index in [0.717, 1.165) is 66.7 Å². The second-order valence-electron chi connectivity index (χ2n) is 10.7. The molecule has 2 aliphatic rings. The quantitative estimate of drug-likeness (QED) is 0.252. The standard InChI is InChI=1S/C29H29FN4O5S2/c30-24-12-9-20(39-19-3-1-2-4-19)15-22(24)27-23(13-17-7-10-21(11-8-17)41(31,37)38)26(14-18-5-6-18)34(33-27)29-32-25(16-40-29)28(35)36/h7-12,15-16,18-19H,1-6,13-14H2,(H,35,36)(H2,31,37,38). The first-order valence-corrected chi connectivity index (χ1v) is 16.0. The monoisotopic (exact) mass is 596 g/mol. The predicted molar refractivity (Wildman–Crippen MR) is 152 cm³/mol. The highest BCUT2D eigenvalue weighted by molar-refractivity contribution is 7.89. The van der Waals surface area contributed by atoms with Crippen LogP contribution in [0.25, 0.3) is 16.4 Å². The molecule has 2 fully saturated rings. The molecule has 2 aromatic heterocycles. The highest BCUT2D eigenvalue weighted by Crippen LogP contribution is 2.39. The number of nitrogens with zero attached hydrogens (tertiary/aromatic N) is 3. The fourth-order valence-corrected chi connectivity index (χ4v) is 6.56. The Balaban J connectivity index is 1.48. The van der Waals surface area contributed by atoms with E-state index >= 15 is 4.39 Å². The smallest absolute Gasteiger partial charge is 0.355 e. The summed E-state index contributed by atoms with van der Waals surface area (Å²) in [7, 11) is -3.85. The average molecular weight is 597 g/mol. The van der Waals surface area contributed by atoms with Crippen LogP contribution < -0.4 is 9.88 Å². The number of carboxylic acid groups (broad SMARTS) is 1. The molecule has 0 radical (unpaired) electrons. The summed E-state index contributed by atoms with van der Waals surface area (Å²) in [5.41, 5.74) is 2.99. The first kappa shape index (κ1) is 27.6. The van der Waals surface area contributed by atoms with Gasteiger partial charge in [0.15, 0.2) is 5.69 Å². The molecular formula is C29H29FN4O5S2. The van der Waals surface area contributed by atoms with Crippen molar-refractivity contribution in [2.75, 3.05) is 0 Å². The van der Waals surface area contributed by atoms with Crippen LogP contribution in [0.15, 0.2) is 52.7 Å². The summed E-state index contributed by atoms with van der Waals surface area (Å²) < 4.78 is 46.9. The number of benzene rings is 2. The van der Waals surface area contributed by atoms with Crippen LogP contribution >= 0.6 is 11.3 Å². The highest BCUT2D eigenvalue weighted by atomic mass is 32.2. The van der Waals surface area contributed by atoms with Crippen molar-refractivity contribution >= 4 is 27.3 Å². The molecule has 6 rings (SSSR count). The third-order valence-electron chi connectivity index (χ3n) is 7.59. The molecule has 0 aliphatic heterocycles. The number of thiazole rings is 1. The van der Waals surface area contributed by atoms with Crippen molar-refractivity contribution in [3.05, 3.63) is 76.2 Å². The van der Waals surface area contributed by atoms with E-state index in [1.54, 1.807) is 28.9 Å². The van der Waals surface area contributed by atoms with Crippen molar-refractivity contribution in [1.29, 1.82) is 0 Å². The number of carbonyl (C=O) groups is 1. The number of hydrogen-bond acceptors (Lipinski definition) is 7. The lowest BCUT2D eigenvalue weighted by Gasteiger charge is -2.14. The summed E-state index contributed by atoms with van der Waals surface area (Å²) in [5.74, 6) is -0.593. The van der Waals surface area contributed by atoms with Gasteiger partial charge in [-0.3, -0.25) is 0 Å². The zero-order chi connectivity index (χ0) is 28.7. The number of carboxylic acids is 1. The van der Waals surface area contributed by atoms with Crippen molar-refractivity contribution in [1.82, 2.24) is 14.8 Å². The number of sulfonamides is 1. The van der Waals surface area contributed by atoms with Crippen LogP contribution in [0.2, 0.25) is 0 Å². The van der Waals surface area contributed by atoms with Gasteiger partial charge < -0.3 is 9.84 Å². The predicted octanol–water partition coefficient (Wildman–Crippen LogP) is 5.35. The van der Waals surface area contributed by atoms with Crippen LogP contribution in [0, 0.1) is 11.7 Å². The number of rotatable bonds is 10. The van der Waals surface area contributed by atoms with Gasteiger partial charge in [0, 0.05) is 22.9 Å². The van der Waals surface area contributed by atoms with Crippen molar-refractivity contribution < 1.29 is 27.4 Å². The Kier molecular flexibility index (Phi) is 7.39. The van der Waals surface area contributed by atoms with Crippen molar-refractivity contribution in [2.45, 2.75) is 62.4 Å². The summed E-state index contributed by atoms with van der Waals surface area (Å²) in [4.78, 5) is 15.9. The maximum Gasteiger partial charge on any atom is 0.355 e. The molecule has 4 aromatic rings. The van der Waals surface area contributed by atoms with E-state index in [9.17, 15) is 18.3 Å². The van der Waals surface area contributed by atoms with Crippen molar-refractivity contribution in [3.63, 3.8) is 0 Å². The lowest BCUT2D eigenvalue weighted by atomic mass is 9.96. The summed E-state index contributed by atoms with van der Waals surface area (Å²) in [6, 6.07) is 11.0. The Hall–Kier alpha value is -3.61. The molecule has 41 heavy (non-hydrogen) atoms. The first-order valence-electron chi connectivity index (χ1n) is 13.5. The van der Waals surface area contributed by atoms with Crippen molar-refractivity contribution in [2.24, 2.45) is 11.1 Å². The van der Waals surface area contributed by atoms with Gasteiger partial charge in [0.1, 0.15) is 11.6 Å². The number of hydrogen-bond donors (Lipinski definition) is 2. The fourth-order valence-electron chi connectivity index (χ4n) is 5.27. The molecule has 9 nitrogen and oxygen atoms in total. The van der Waals surface area contributed by atoms with Gasteiger partial charge in [0.05, 0.1) is 22.4 Å². The lowest BCUT2D eigenvalue weighted by Crippen LogP contribution is -2.12. The van der Waals surface area contributed by atoms with E-state index < -0.39 is 21.8 Å². The van der Waals surface area contributed by atoms with Crippen LogP contribution in [0.1, 0.15) is 65.8 Å². The summed E-state index contributed by atoms with van der Waals surface area (Å²) >= 11 is 1.16. The number of ether oxygens (including phenoxy) is 1. The molecule has 0 amide bonds. The lowest BCUT2D eigenvalue weighted by molar-refractivity contribution is 0.0691. The Morgan fingerprint density at radius 1 is 1.12 bits per heavy atom. The zero-order valence-electron chi connectivity index (χ0n) is 22.1. The molecule has 0 unspecified atom stereocenters. The maximum atomic E-state index is 15.5. The van der Waals surface area contributed by atoms with E-state index in [4.69, 9.17) is 15.0 Å². The van der Waals surface area contributed by atoms with E-state index in [1.807, 2.05) is 0 Å². The molecule has 0 saturated heterocycles. The average Bonchev–Trinajstić information content (AvgIpc) is 3.28. The summed E-state index contributed by atoms with van der Waals surface area (Å²) in [6.45, 7) is 0. The zero-order valence-corrected chi connectivity index (χ0v) is 23.8. The number of nitrogens with two attached hydrogens (primary N) is 1. The Morgan fingerprint density at radius 2 is 1.85 bits per heavy atom. The molecule has 2 saturated carbocycles. The van der Waals surface area contributed by atoms with E-state index in [0.29, 0.717) is 35.3 Å². The summed E-state index contributed by atoms with van der Waals surface area (Å²) in [5, 5.41) is 21.4. The molecule has 2 aliphatic carbocycles. The van der Waals surface area contributed by atoms with Crippen molar-refractivity contribution in [3.8, 4) is 22.1 Å². The first-order chi connectivity index (χ1) is 19.7. The molecule has 0 atom stereocenters. The van der Waals surface area contributed by atoms with Crippen LogP contribution in [0.4, 0.5) is 4.39 Å². The molecular weight excluding hydrogens is 567 g/mol. The van der Waals surface area contributed by atoms with Gasteiger partial charge in [-0.15, -0.1) is 11.3 Å². The van der Waals surface area contributed by atoms with Gasteiger partial charge in [-0.2, -0.15) is 5.10 Å². The highest BCUT2D eigenvalue weighted by Gasteiger charge is 2.30. The van der Waals surface area contributed by atoms with Crippen LogP contribution in [-0.4, -0.2) is 40.4 Å². The molecule has 3 N–H and O–H groups in total. The van der Waals surface area contributed by atoms with E-state index in [-0.39, 0.29) is 22.3 Å².